The Labute approximate surface area is 205 Å². The Morgan fingerprint density at radius 2 is 1.77 bits per heavy atom. The number of rotatable bonds is 4. The molecule has 8 nitrogen and oxygen atoms in total. The van der Waals surface area contributed by atoms with Crippen LogP contribution < -0.4 is 4.90 Å². The molecule has 1 saturated carbocycles. The van der Waals surface area contributed by atoms with Crippen LogP contribution in [-0.4, -0.2) is 75.2 Å². The molecule has 4 heterocycles. The molecule has 3 fully saturated rings. The van der Waals surface area contributed by atoms with Crippen LogP contribution in [0, 0.1) is 5.41 Å². The molecule has 1 spiro atoms. The average Bonchev–Trinajstić information content (AvgIpc) is 2.81. The summed E-state index contributed by atoms with van der Waals surface area (Å²) in [5, 5.41) is 0. The van der Waals surface area contributed by atoms with Gasteiger partial charge in [0.25, 0.3) is 0 Å². The van der Waals surface area contributed by atoms with Gasteiger partial charge in [0.05, 0.1) is 18.3 Å². The van der Waals surface area contributed by atoms with E-state index in [1.54, 1.807) is 12.4 Å². The van der Waals surface area contributed by atoms with Crippen LogP contribution in [0.4, 0.5) is 10.6 Å². The van der Waals surface area contributed by atoms with Crippen LogP contribution in [0.1, 0.15) is 32.3 Å². The van der Waals surface area contributed by atoms with Crippen molar-refractivity contribution in [3.63, 3.8) is 0 Å². The van der Waals surface area contributed by atoms with E-state index in [-0.39, 0.29) is 24.3 Å². The van der Waals surface area contributed by atoms with Gasteiger partial charge in [0.2, 0.25) is 0 Å². The average molecular weight is 473 g/mol. The Bertz CT molecular complexity index is 1190. The highest BCUT2D eigenvalue weighted by atomic mass is 16.6. The molecule has 1 aliphatic carbocycles. The van der Waals surface area contributed by atoms with Gasteiger partial charge in [0.15, 0.2) is 5.65 Å². The second-order valence-electron chi connectivity index (χ2n) is 10.6. The summed E-state index contributed by atoms with van der Waals surface area (Å²) >= 11 is 0. The largest absolute Gasteiger partial charge is 0.446 e. The van der Waals surface area contributed by atoms with Crippen LogP contribution in [0.2, 0.25) is 0 Å². The number of ether oxygens (including phenoxy) is 1. The quantitative estimate of drug-likeness (QED) is 0.573. The molecule has 182 valence electrons. The number of hydrogen-bond donors (Lipinski definition) is 0. The van der Waals surface area contributed by atoms with Gasteiger partial charge in [-0.15, -0.1) is 0 Å². The standard InChI is InChI=1S/C27H32N6O2/c1-19-14-32(24-13-29-23-9-6-10-28-25(23)30-24)15-20(2)33(19)26(34)35-22-11-27(12-22)17-31(18-27)16-21-7-4-3-5-8-21/h3-10,13,19-20,22H,11-12,14-18H2,1-2H3/t19-,20+. The Morgan fingerprint density at radius 3 is 2.51 bits per heavy atom. The third-order valence-corrected chi connectivity index (χ3v) is 7.72. The summed E-state index contributed by atoms with van der Waals surface area (Å²) in [7, 11) is 0. The Balaban J connectivity index is 1.01. The Hall–Kier alpha value is -3.26. The summed E-state index contributed by atoms with van der Waals surface area (Å²) in [6.45, 7) is 8.74. The van der Waals surface area contributed by atoms with Crippen molar-refractivity contribution in [2.75, 3.05) is 31.1 Å². The molecule has 35 heavy (non-hydrogen) atoms. The number of fused-ring (bicyclic) bond motifs is 1. The zero-order chi connectivity index (χ0) is 24.0. The van der Waals surface area contributed by atoms with Gasteiger partial charge in [-0.3, -0.25) is 9.80 Å². The van der Waals surface area contributed by atoms with Crippen molar-refractivity contribution in [3.05, 3.63) is 60.4 Å². The molecule has 1 aromatic carbocycles. The minimum Gasteiger partial charge on any atom is -0.446 e. The van der Waals surface area contributed by atoms with Crippen molar-refractivity contribution < 1.29 is 9.53 Å². The second kappa shape index (κ2) is 8.75. The molecule has 8 heteroatoms. The van der Waals surface area contributed by atoms with E-state index in [1.807, 2.05) is 17.0 Å². The predicted octanol–water partition coefficient (Wildman–Crippen LogP) is 3.73. The van der Waals surface area contributed by atoms with Crippen LogP contribution in [0.25, 0.3) is 11.2 Å². The maximum atomic E-state index is 13.1. The smallest absolute Gasteiger partial charge is 0.410 e. The van der Waals surface area contributed by atoms with Gasteiger partial charge < -0.3 is 9.64 Å². The van der Waals surface area contributed by atoms with Crippen molar-refractivity contribution in [2.24, 2.45) is 5.41 Å². The number of anilines is 1. The fraction of sp³-hybridized carbons (Fsp3) is 0.481. The summed E-state index contributed by atoms with van der Waals surface area (Å²) in [6, 6.07) is 14.4. The summed E-state index contributed by atoms with van der Waals surface area (Å²) in [4.78, 5) is 33.2. The molecule has 0 bridgehead atoms. The SMILES string of the molecule is C[C@@H]1CN(c2cnc3cccnc3n2)C[C@H](C)N1C(=O)OC1CC2(C1)CN(Cc1ccccc1)C2. The van der Waals surface area contributed by atoms with E-state index < -0.39 is 0 Å². The summed E-state index contributed by atoms with van der Waals surface area (Å²) in [6.07, 6.45) is 5.34. The van der Waals surface area contributed by atoms with E-state index in [4.69, 9.17) is 4.74 Å². The maximum Gasteiger partial charge on any atom is 0.410 e. The molecular weight excluding hydrogens is 440 g/mol. The number of piperazine rings is 1. The minimum atomic E-state index is -0.184. The van der Waals surface area contributed by atoms with Crippen molar-refractivity contribution in [2.45, 2.75) is 51.4 Å². The molecule has 6 rings (SSSR count). The molecule has 2 saturated heterocycles. The molecule has 2 atom stereocenters. The monoisotopic (exact) mass is 472 g/mol. The molecule has 3 aromatic rings. The molecule has 1 amide bonds. The first-order valence-corrected chi connectivity index (χ1v) is 12.6. The maximum absolute atomic E-state index is 13.1. The first kappa shape index (κ1) is 22.2. The van der Waals surface area contributed by atoms with Gasteiger partial charge in [-0.1, -0.05) is 30.3 Å². The minimum absolute atomic E-state index is 0.0200. The van der Waals surface area contributed by atoms with Crippen molar-refractivity contribution in [1.29, 1.82) is 0 Å². The third-order valence-electron chi connectivity index (χ3n) is 7.72. The lowest BCUT2D eigenvalue weighted by Crippen LogP contribution is -2.65. The van der Waals surface area contributed by atoms with Crippen LogP contribution in [0.5, 0.6) is 0 Å². The van der Waals surface area contributed by atoms with Gasteiger partial charge in [0.1, 0.15) is 17.4 Å². The number of benzene rings is 1. The number of carbonyl (C=O) groups is 1. The molecule has 2 aromatic heterocycles. The number of hydrogen-bond acceptors (Lipinski definition) is 7. The second-order valence-corrected chi connectivity index (χ2v) is 10.6. The van der Waals surface area contributed by atoms with Gasteiger partial charge in [-0.2, -0.15) is 0 Å². The summed E-state index contributed by atoms with van der Waals surface area (Å²) < 4.78 is 5.96. The topological polar surface area (TPSA) is 74.7 Å². The fourth-order valence-corrected chi connectivity index (χ4v) is 6.17. The number of likely N-dealkylation sites (tertiary alicyclic amines) is 1. The van der Waals surface area contributed by atoms with Crippen molar-refractivity contribution in [1.82, 2.24) is 24.8 Å². The van der Waals surface area contributed by atoms with Crippen LogP contribution in [0.15, 0.2) is 54.9 Å². The number of aromatic nitrogens is 3. The third kappa shape index (κ3) is 4.31. The first-order valence-electron chi connectivity index (χ1n) is 12.6. The highest BCUT2D eigenvalue weighted by Gasteiger charge is 2.54. The van der Waals surface area contributed by atoms with Gasteiger partial charge in [0, 0.05) is 44.3 Å². The fourth-order valence-electron chi connectivity index (χ4n) is 6.17. The van der Waals surface area contributed by atoms with Crippen molar-refractivity contribution >= 4 is 23.1 Å². The van der Waals surface area contributed by atoms with E-state index in [0.717, 1.165) is 43.8 Å². The lowest BCUT2D eigenvalue weighted by Gasteiger charge is -2.58. The van der Waals surface area contributed by atoms with Gasteiger partial charge in [-0.25, -0.2) is 19.7 Å². The molecule has 0 N–H and O–H groups in total. The van der Waals surface area contributed by atoms with E-state index >= 15 is 0 Å². The molecule has 2 aliphatic heterocycles. The lowest BCUT2D eigenvalue weighted by atomic mass is 9.61. The van der Waals surface area contributed by atoms with E-state index in [9.17, 15) is 4.79 Å². The van der Waals surface area contributed by atoms with Crippen LogP contribution >= 0.6 is 0 Å². The highest BCUT2D eigenvalue weighted by molar-refractivity contribution is 5.71. The summed E-state index contributed by atoms with van der Waals surface area (Å²) in [5.41, 5.74) is 3.13. The molecular formula is C27H32N6O2. The first-order chi connectivity index (χ1) is 17.0. The zero-order valence-electron chi connectivity index (χ0n) is 20.4. The Morgan fingerprint density at radius 1 is 1.03 bits per heavy atom. The predicted molar refractivity (Wildman–Crippen MR) is 134 cm³/mol. The zero-order valence-corrected chi connectivity index (χ0v) is 20.4. The van der Waals surface area contributed by atoms with Crippen LogP contribution in [-0.2, 0) is 11.3 Å². The van der Waals surface area contributed by atoms with Gasteiger partial charge in [-0.05, 0) is 44.4 Å². The van der Waals surface area contributed by atoms with E-state index in [0.29, 0.717) is 24.2 Å². The number of carbonyl (C=O) groups excluding carboxylic acids is 1. The Kier molecular flexibility index (Phi) is 5.56. The molecule has 3 aliphatic rings. The highest BCUT2D eigenvalue weighted by Crippen LogP contribution is 2.50. The normalized spacial score (nSPS) is 24.3. The molecule has 0 unspecified atom stereocenters. The number of amides is 1. The summed E-state index contributed by atoms with van der Waals surface area (Å²) in [5.74, 6) is 0.800. The van der Waals surface area contributed by atoms with E-state index in [2.05, 4.69) is 68.9 Å². The number of pyridine rings is 1. The van der Waals surface area contributed by atoms with Crippen LogP contribution in [0.3, 0.4) is 0 Å². The van der Waals surface area contributed by atoms with E-state index in [1.165, 1.54) is 5.56 Å². The molecule has 0 radical (unpaired) electrons. The van der Waals surface area contributed by atoms with Crippen molar-refractivity contribution in [3.8, 4) is 0 Å². The van der Waals surface area contributed by atoms with Gasteiger partial charge >= 0.3 is 6.09 Å². The number of nitrogens with zero attached hydrogens (tertiary/aromatic N) is 6. The lowest BCUT2D eigenvalue weighted by molar-refractivity contribution is -0.137.